The first kappa shape index (κ1) is 11.3. The number of nitrogens with zero attached hydrogens (tertiary/aromatic N) is 1. The fraction of sp³-hybridized carbons (Fsp3) is 0.375. The SMILES string of the molecule is COc1c(F)cnc(CBr)c1C(F)F. The number of pyridine rings is 1. The molecule has 0 atom stereocenters. The van der Waals surface area contributed by atoms with E-state index in [4.69, 9.17) is 0 Å². The van der Waals surface area contributed by atoms with Gasteiger partial charge in [0.2, 0.25) is 0 Å². The van der Waals surface area contributed by atoms with Crippen LogP contribution >= 0.6 is 15.9 Å². The summed E-state index contributed by atoms with van der Waals surface area (Å²) >= 11 is 2.99. The number of halogens is 4. The minimum absolute atomic E-state index is 0.0817. The highest BCUT2D eigenvalue weighted by Gasteiger charge is 2.22. The molecule has 0 amide bonds. The van der Waals surface area contributed by atoms with Crippen LogP contribution in [0.4, 0.5) is 13.2 Å². The van der Waals surface area contributed by atoms with Gasteiger partial charge in [0, 0.05) is 5.33 Å². The molecular formula is C8H7BrF3NO. The van der Waals surface area contributed by atoms with E-state index in [-0.39, 0.29) is 11.0 Å². The monoisotopic (exact) mass is 269 g/mol. The Morgan fingerprint density at radius 2 is 2.21 bits per heavy atom. The molecule has 0 bridgehead atoms. The van der Waals surface area contributed by atoms with Crippen LogP contribution < -0.4 is 4.74 Å². The third kappa shape index (κ3) is 2.00. The normalized spacial score (nSPS) is 10.7. The summed E-state index contributed by atoms with van der Waals surface area (Å²) in [6, 6.07) is 0. The summed E-state index contributed by atoms with van der Waals surface area (Å²) in [4.78, 5) is 3.54. The lowest BCUT2D eigenvalue weighted by Gasteiger charge is -2.11. The maximum Gasteiger partial charge on any atom is 0.269 e. The third-order valence-electron chi connectivity index (χ3n) is 1.66. The first-order valence-electron chi connectivity index (χ1n) is 3.67. The van der Waals surface area contributed by atoms with Gasteiger partial charge in [-0.3, -0.25) is 4.98 Å². The van der Waals surface area contributed by atoms with Crippen LogP contribution in [-0.4, -0.2) is 12.1 Å². The highest BCUT2D eigenvalue weighted by molar-refractivity contribution is 9.08. The minimum Gasteiger partial charge on any atom is -0.493 e. The van der Waals surface area contributed by atoms with Gasteiger partial charge >= 0.3 is 0 Å². The highest BCUT2D eigenvalue weighted by atomic mass is 79.9. The molecule has 0 saturated heterocycles. The van der Waals surface area contributed by atoms with Crippen molar-refractivity contribution in [3.05, 3.63) is 23.3 Å². The van der Waals surface area contributed by atoms with Gasteiger partial charge in [-0.05, 0) is 0 Å². The molecule has 0 spiro atoms. The Morgan fingerprint density at radius 1 is 1.57 bits per heavy atom. The van der Waals surface area contributed by atoms with E-state index in [1.807, 2.05) is 0 Å². The molecule has 1 rings (SSSR count). The first-order valence-corrected chi connectivity index (χ1v) is 4.79. The minimum atomic E-state index is -2.80. The number of alkyl halides is 3. The zero-order valence-electron chi connectivity index (χ0n) is 7.23. The van der Waals surface area contributed by atoms with Gasteiger partial charge in [0.05, 0.1) is 24.6 Å². The number of rotatable bonds is 3. The number of methoxy groups -OCH3 is 1. The molecule has 0 unspecified atom stereocenters. The van der Waals surface area contributed by atoms with Crippen LogP contribution in [-0.2, 0) is 5.33 Å². The molecule has 78 valence electrons. The third-order valence-corrected chi connectivity index (χ3v) is 2.19. The van der Waals surface area contributed by atoms with E-state index in [1.165, 1.54) is 0 Å². The summed E-state index contributed by atoms with van der Waals surface area (Å²) in [5, 5.41) is 0.128. The van der Waals surface area contributed by atoms with Crippen LogP contribution in [0.1, 0.15) is 17.7 Å². The van der Waals surface area contributed by atoms with E-state index >= 15 is 0 Å². The zero-order chi connectivity index (χ0) is 10.7. The van der Waals surface area contributed by atoms with E-state index in [1.54, 1.807) is 0 Å². The fourth-order valence-corrected chi connectivity index (χ4v) is 1.51. The van der Waals surface area contributed by atoms with E-state index in [0.29, 0.717) is 0 Å². The van der Waals surface area contributed by atoms with Gasteiger partial charge in [-0.15, -0.1) is 0 Å². The van der Waals surface area contributed by atoms with Crippen LogP contribution in [0.25, 0.3) is 0 Å². The van der Waals surface area contributed by atoms with Crippen molar-refractivity contribution in [1.29, 1.82) is 0 Å². The number of aromatic nitrogens is 1. The summed E-state index contributed by atoms with van der Waals surface area (Å²) in [5.74, 6) is -1.32. The molecule has 6 heteroatoms. The number of hydrogen-bond donors (Lipinski definition) is 0. The van der Waals surface area contributed by atoms with Gasteiger partial charge < -0.3 is 4.74 Å². The van der Waals surface area contributed by atoms with Crippen molar-refractivity contribution in [2.75, 3.05) is 7.11 Å². The smallest absolute Gasteiger partial charge is 0.269 e. The molecule has 1 aromatic heterocycles. The fourth-order valence-electron chi connectivity index (χ4n) is 1.06. The maximum absolute atomic E-state index is 13.0. The van der Waals surface area contributed by atoms with E-state index in [9.17, 15) is 13.2 Å². The van der Waals surface area contributed by atoms with Crippen LogP contribution in [0.5, 0.6) is 5.75 Å². The highest BCUT2D eigenvalue weighted by Crippen LogP contribution is 2.33. The Balaban J connectivity index is 3.36. The molecule has 14 heavy (non-hydrogen) atoms. The Bertz CT molecular complexity index is 333. The molecule has 1 aromatic rings. The average molecular weight is 270 g/mol. The van der Waals surface area contributed by atoms with E-state index in [2.05, 4.69) is 25.7 Å². The van der Waals surface area contributed by atoms with Crippen LogP contribution in [0.3, 0.4) is 0 Å². The van der Waals surface area contributed by atoms with Gasteiger partial charge in [-0.25, -0.2) is 13.2 Å². The molecule has 0 N–H and O–H groups in total. The quantitative estimate of drug-likeness (QED) is 0.787. The van der Waals surface area contributed by atoms with Crippen molar-refractivity contribution >= 4 is 15.9 Å². The second-order valence-electron chi connectivity index (χ2n) is 2.43. The van der Waals surface area contributed by atoms with Crippen LogP contribution in [0, 0.1) is 5.82 Å². The van der Waals surface area contributed by atoms with Crippen molar-refractivity contribution in [3.63, 3.8) is 0 Å². The molecule has 2 nitrogen and oxygen atoms in total. The Hall–Kier alpha value is -0.780. The second-order valence-corrected chi connectivity index (χ2v) is 2.99. The molecule has 0 aliphatic rings. The molecule has 0 aromatic carbocycles. The second kappa shape index (κ2) is 4.63. The van der Waals surface area contributed by atoms with Gasteiger partial charge in [-0.2, -0.15) is 0 Å². The van der Waals surface area contributed by atoms with Crippen LogP contribution in [0.2, 0.25) is 0 Å². The Labute approximate surface area is 87.2 Å². The first-order chi connectivity index (χ1) is 6.61. The Kier molecular flexibility index (Phi) is 3.74. The number of hydrogen-bond acceptors (Lipinski definition) is 2. The summed E-state index contributed by atoms with van der Waals surface area (Å²) in [6.45, 7) is 0. The van der Waals surface area contributed by atoms with Gasteiger partial charge in [-0.1, -0.05) is 15.9 Å². The van der Waals surface area contributed by atoms with E-state index in [0.717, 1.165) is 13.3 Å². The largest absolute Gasteiger partial charge is 0.493 e. The summed E-state index contributed by atoms with van der Waals surface area (Å²) in [5.41, 5.74) is -0.414. The van der Waals surface area contributed by atoms with Crippen molar-refractivity contribution in [3.8, 4) is 5.75 Å². The molecule has 0 aliphatic carbocycles. The lowest BCUT2D eigenvalue weighted by Crippen LogP contribution is -2.02. The molecule has 1 heterocycles. The lowest BCUT2D eigenvalue weighted by atomic mass is 10.2. The summed E-state index contributed by atoms with van der Waals surface area (Å²) < 4.78 is 42.6. The molecule has 0 saturated carbocycles. The van der Waals surface area contributed by atoms with Gasteiger partial charge in [0.1, 0.15) is 0 Å². The van der Waals surface area contributed by atoms with Crippen LogP contribution in [0.15, 0.2) is 6.20 Å². The number of ether oxygens (including phenoxy) is 1. The lowest BCUT2D eigenvalue weighted by molar-refractivity contribution is 0.144. The molecule has 0 fully saturated rings. The van der Waals surface area contributed by atoms with Crippen molar-refractivity contribution in [2.24, 2.45) is 0 Å². The van der Waals surface area contributed by atoms with Crippen molar-refractivity contribution in [1.82, 2.24) is 4.98 Å². The average Bonchev–Trinajstić information content (AvgIpc) is 2.17. The van der Waals surface area contributed by atoms with Crippen molar-refractivity contribution in [2.45, 2.75) is 11.8 Å². The van der Waals surface area contributed by atoms with E-state index < -0.39 is 23.6 Å². The summed E-state index contributed by atoms with van der Waals surface area (Å²) in [7, 11) is 1.14. The standard InChI is InChI=1S/C8H7BrF3NO/c1-14-7-4(10)3-13-5(2-9)6(7)8(11)12/h3,8H,2H2,1H3. The molecular weight excluding hydrogens is 263 g/mol. The van der Waals surface area contributed by atoms with Crippen molar-refractivity contribution < 1.29 is 17.9 Å². The summed E-state index contributed by atoms with van der Waals surface area (Å²) in [6.07, 6.45) is -1.94. The predicted octanol–water partition coefficient (Wildman–Crippen LogP) is 3.06. The maximum atomic E-state index is 13.0. The van der Waals surface area contributed by atoms with Gasteiger partial charge in [0.25, 0.3) is 6.43 Å². The van der Waals surface area contributed by atoms with Gasteiger partial charge in [0.15, 0.2) is 11.6 Å². The molecule has 0 radical (unpaired) electrons. The Morgan fingerprint density at radius 3 is 2.64 bits per heavy atom. The molecule has 0 aliphatic heterocycles. The topological polar surface area (TPSA) is 22.1 Å². The predicted molar refractivity (Wildman–Crippen MR) is 48.3 cm³/mol. The zero-order valence-corrected chi connectivity index (χ0v) is 8.82.